The number of nitrogens with zero attached hydrogens (tertiary/aromatic N) is 1. The summed E-state index contributed by atoms with van der Waals surface area (Å²) in [5.41, 5.74) is 0. The Morgan fingerprint density at radius 2 is 1.75 bits per heavy atom. The van der Waals surface area contributed by atoms with Crippen molar-refractivity contribution in [1.29, 1.82) is 0 Å². The fraction of sp³-hybridized carbons (Fsp3) is 0.933. The molecule has 0 aromatic rings. The molecule has 2 unspecified atom stereocenters. The van der Waals surface area contributed by atoms with Crippen molar-refractivity contribution in [3.05, 3.63) is 0 Å². The number of halogens is 1. The maximum absolute atomic E-state index is 12.4. The van der Waals surface area contributed by atoms with Crippen LogP contribution >= 0.6 is 12.4 Å². The van der Waals surface area contributed by atoms with Crippen molar-refractivity contribution >= 4 is 18.3 Å². The summed E-state index contributed by atoms with van der Waals surface area (Å²) in [4.78, 5) is 14.4. The maximum Gasteiger partial charge on any atom is 0.222 e. The summed E-state index contributed by atoms with van der Waals surface area (Å²) in [5, 5.41) is 3.65. The molecule has 3 fully saturated rings. The summed E-state index contributed by atoms with van der Waals surface area (Å²) in [6.45, 7) is 1.77. The number of rotatable bonds is 3. The molecule has 20 heavy (non-hydrogen) atoms. The molecular weight excluding hydrogens is 276 g/mol. The molecule has 0 aliphatic carbocycles. The average Bonchev–Trinajstić information content (AvgIpc) is 2.78. The summed E-state index contributed by atoms with van der Waals surface area (Å²) >= 11 is 0. The smallest absolute Gasteiger partial charge is 0.222 e. The van der Waals surface area contributed by atoms with Crippen molar-refractivity contribution in [2.24, 2.45) is 5.92 Å². The lowest BCUT2D eigenvalue weighted by Gasteiger charge is -2.34. The van der Waals surface area contributed by atoms with Gasteiger partial charge in [-0.3, -0.25) is 4.79 Å². The molecule has 4 nitrogen and oxygen atoms in total. The van der Waals surface area contributed by atoms with Gasteiger partial charge in [0.15, 0.2) is 0 Å². The summed E-state index contributed by atoms with van der Waals surface area (Å²) in [6, 6.07) is 1.38. The van der Waals surface area contributed by atoms with Crippen LogP contribution in [0.3, 0.4) is 0 Å². The maximum atomic E-state index is 12.4. The summed E-state index contributed by atoms with van der Waals surface area (Å²) in [7, 11) is 1.77. The fourth-order valence-corrected chi connectivity index (χ4v) is 4.06. The summed E-state index contributed by atoms with van der Waals surface area (Å²) in [5.74, 6) is 0.993. The predicted molar refractivity (Wildman–Crippen MR) is 81.1 cm³/mol. The third-order valence-corrected chi connectivity index (χ3v) is 5.16. The quantitative estimate of drug-likeness (QED) is 0.866. The molecule has 0 aromatic carbocycles. The van der Waals surface area contributed by atoms with Gasteiger partial charge in [0.05, 0.1) is 6.10 Å². The van der Waals surface area contributed by atoms with Gasteiger partial charge in [0.1, 0.15) is 0 Å². The molecule has 0 aromatic heterocycles. The first-order chi connectivity index (χ1) is 9.24. The van der Waals surface area contributed by atoms with Gasteiger partial charge in [-0.05, 0) is 44.4 Å². The zero-order valence-electron chi connectivity index (χ0n) is 12.3. The monoisotopic (exact) mass is 302 g/mol. The Hall–Kier alpha value is -0.320. The van der Waals surface area contributed by atoms with Crippen LogP contribution in [-0.2, 0) is 9.53 Å². The molecule has 1 amide bonds. The van der Waals surface area contributed by atoms with E-state index in [1.165, 1.54) is 25.7 Å². The lowest BCUT2D eigenvalue weighted by Crippen LogP contribution is -2.43. The Bertz CT molecular complexity index is 320. The highest BCUT2D eigenvalue weighted by Crippen LogP contribution is 2.33. The number of methoxy groups -OCH3 is 1. The highest BCUT2D eigenvalue weighted by atomic mass is 35.5. The van der Waals surface area contributed by atoms with E-state index in [0.29, 0.717) is 30.0 Å². The first kappa shape index (κ1) is 16.1. The summed E-state index contributed by atoms with van der Waals surface area (Å²) in [6.07, 6.45) is 8.17. The van der Waals surface area contributed by atoms with Crippen LogP contribution in [0.1, 0.15) is 44.9 Å². The van der Waals surface area contributed by atoms with Gasteiger partial charge in [-0.1, -0.05) is 0 Å². The minimum Gasteiger partial charge on any atom is -0.381 e. The highest BCUT2D eigenvalue weighted by Gasteiger charge is 2.35. The second-order valence-corrected chi connectivity index (χ2v) is 6.50. The molecule has 2 atom stereocenters. The van der Waals surface area contributed by atoms with E-state index in [1.807, 2.05) is 0 Å². The third kappa shape index (κ3) is 3.66. The molecule has 0 spiro atoms. The first-order valence-electron chi connectivity index (χ1n) is 7.81. The third-order valence-electron chi connectivity index (χ3n) is 5.16. The molecule has 1 N–H and O–H groups in total. The van der Waals surface area contributed by atoms with Crippen molar-refractivity contribution in [2.75, 3.05) is 20.2 Å². The SMILES string of the molecule is COC1CCN(C(=O)CC2CC3CCC(C2)N3)CC1.Cl. The molecule has 2 bridgehead atoms. The highest BCUT2D eigenvalue weighted by molar-refractivity contribution is 5.85. The zero-order chi connectivity index (χ0) is 13.2. The number of ether oxygens (including phenoxy) is 1. The Labute approximate surface area is 128 Å². The van der Waals surface area contributed by atoms with Crippen LogP contribution in [0.25, 0.3) is 0 Å². The van der Waals surface area contributed by atoms with Gasteiger partial charge in [-0.15, -0.1) is 12.4 Å². The summed E-state index contributed by atoms with van der Waals surface area (Å²) < 4.78 is 5.36. The Kier molecular flexibility index (Phi) is 5.70. The number of hydrogen-bond donors (Lipinski definition) is 1. The van der Waals surface area contributed by atoms with Crippen LogP contribution in [0.15, 0.2) is 0 Å². The van der Waals surface area contributed by atoms with Crippen LogP contribution in [0.2, 0.25) is 0 Å². The van der Waals surface area contributed by atoms with Gasteiger partial charge >= 0.3 is 0 Å². The van der Waals surface area contributed by atoms with E-state index in [0.717, 1.165) is 32.4 Å². The Morgan fingerprint density at radius 1 is 1.15 bits per heavy atom. The molecule has 0 radical (unpaired) electrons. The van der Waals surface area contributed by atoms with Gasteiger partial charge in [0.2, 0.25) is 5.91 Å². The number of hydrogen-bond acceptors (Lipinski definition) is 3. The van der Waals surface area contributed by atoms with Gasteiger partial charge in [-0.2, -0.15) is 0 Å². The van der Waals surface area contributed by atoms with E-state index in [2.05, 4.69) is 10.2 Å². The lowest BCUT2D eigenvalue weighted by atomic mass is 9.89. The van der Waals surface area contributed by atoms with Crippen molar-refractivity contribution in [3.8, 4) is 0 Å². The molecule has 5 heteroatoms. The number of carbonyl (C=O) groups is 1. The Balaban J connectivity index is 0.00000147. The largest absolute Gasteiger partial charge is 0.381 e. The van der Waals surface area contributed by atoms with E-state index in [-0.39, 0.29) is 12.4 Å². The van der Waals surface area contributed by atoms with Crippen LogP contribution in [-0.4, -0.2) is 49.2 Å². The average molecular weight is 303 g/mol. The first-order valence-corrected chi connectivity index (χ1v) is 7.81. The van der Waals surface area contributed by atoms with Crippen LogP contribution in [0.4, 0.5) is 0 Å². The molecule has 3 aliphatic heterocycles. The second-order valence-electron chi connectivity index (χ2n) is 6.50. The number of carbonyl (C=O) groups excluding carboxylic acids is 1. The molecule has 3 saturated heterocycles. The second kappa shape index (κ2) is 7.10. The molecule has 3 aliphatic rings. The van der Waals surface area contributed by atoms with E-state index in [9.17, 15) is 4.79 Å². The Morgan fingerprint density at radius 3 is 2.30 bits per heavy atom. The number of piperidine rings is 2. The van der Waals surface area contributed by atoms with E-state index >= 15 is 0 Å². The minimum atomic E-state index is 0. The minimum absolute atomic E-state index is 0. The van der Waals surface area contributed by atoms with E-state index < -0.39 is 0 Å². The number of nitrogens with one attached hydrogen (secondary N) is 1. The molecule has 3 rings (SSSR count). The standard InChI is InChI=1S/C15H26N2O2.ClH/c1-19-14-4-6-17(7-5-14)15(18)10-11-8-12-2-3-13(9-11)16-12;/h11-14,16H,2-10H2,1H3;1H. The van der Waals surface area contributed by atoms with Crippen molar-refractivity contribution < 1.29 is 9.53 Å². The number of amides is 1. The van der Waals surface area contributed by atoms with E-state index in [1.54, 1.807) is 7.11 Å². The van der Waals surface area contributed by atoms with Crippen LogP contribution in [0.5, 0.6) is 0 Å². The zero-order valence-corrected chi connectivity index (χ0v) is 13.2. The molecule has 0 saturated carbocycles. The van der Waals surface area contributed by atoms with Crippen molar-refractivity contribution in [2.45, 2.75) is 63.1 Å². The topological polar surface area (TPSA) is 41.6 Å². The van der Waals surface area contributed by atoms with Crippen LogP contribution in [0, 0.1) is 5.92 Å². The van der Waals surface area contributed by atoms with Gasteiger partial charge in [-0.25, -0.2) is 0 Å². The predicted octanol–water partition coefficient (Wildman–Crippen LogP) is 1.97. The van der Waals surface area contributed by atoms with Gasteiger partial charge in [0.25, 0.3) is 0 Å². The van der Waals surface area contributed by atoms with Gasteiger partial charge in [0, 0.05) is 38.7 Å². The molecular formula is C15H27ClN2O2. The molecule has 116 valence electrons. The van der Waals surface area contributed by atoms with Crippen molar-refractivity contribution in [3.63, 3.8) is 0 Å². The molecule has 3 heterocycles. The lowest BCUT2D eigenvalue weighted by molar-refractivity contribution is -0.134. The van der Waals surface area contributed by atoms with Gasteiger partial charge < -0.3 is 15.0 Å². The normalized spacial score (nSPS) is 33.9. The van der Waals surface area contributed by atoms with Crippen LogP contribution < -0.4 is 5.32 Å². The number of likely N-dealkylation sites (tertiary alicyclic amines) is 1. The van der Waals surface area contributed by atoms with E-state index in [4.69, 9.17) is 4.74 Å². The van der Waals surface area contributed by atoms with Crippen molar-refractivity contribution in [1.82, 2.24) is 10.2 Å². The number of fused-ring (bicyclic) bond motifs is 2. The fourth-order valence-electron chi connectivity index (χ4n) is 4.06.